The van der Waals surface area contributed by atoms with E-state index in [1.807, 2.05) is 0 Å². The Morgan fingerprint density at radius 2 is 1.86 bits per heavy atom. The summed E-state index contributed by atoms with van der Waals surface area (Å²) in [5.41, 5.74) is 2.58. The van der Waals surface area contributed by atoms with Gasteiger partial charge in [-0.1, -0.05) is 30.3 Å². The molecular weight excluding hydrogens is 483 g/mol. The van der Waals surface area contributed by atoms with Gasteiger partial charge in [-0.25, -0.2) is 4.99 Å². The summed E-state index contributed by atoms with van der Waals surface area (Å²) in [4.78, 5) is 8.56. The fraction of sp³-hybridized carbons (Fsp3) is 0.476. The predicted molar refractivity (Wildman–Crippen MR) is 129 cm³/mol. The zero-order chi connectivity index (χ0) is 18.7. The van der Waals surface area contributed by atoms with Crippen molar-refractivity contribution >= 4 is 41.3 Å². The van der Waals surface area contributed by atoms with Gasteiger partial charge in [0.15, 0.2) is 5.96 Å². The van der Waals surface area contributed by atoms with Crippen LogP contribution in [0.2, 0.25) is 0 Å². The highest BCUT2D eigenvalue weighted by molar-refractivity contribution is 14.0. The van der Waals surface area contributed by atoms with Gasteiger partial charge in [-0.15, -0.1) is 35.3 Å². The van der Waals surface area contributed by atoms with Crippen LogP contribution < -0.4 is 10.6 Å². The molecule has 5 nitrogen and oxygen atoms in total. The average molecular weight is 514 g/mol. The molecule has 0 aliphatic carbocycles. The van der Waals surface area contributed by atoms with Crippen LogP contribution in [0.25, 0.3) is 0 Å². The van der Waals surface area contributed by atoms with E-state index in [1.165, 1.54) is 16.0 Å². The molecule has 154 valence electrons. The number of ether oxygens (including phenoxy) is 1. The minimum absolute atomic E-state index is 0. The van der Waals surface area contributed by atoms with E-state index in [0.29, 0.717) is 6.54 Å². The van der Waals surface area contributed by atoms with E-state index in [1.54, 1.807) is 11.3 Å². The van der Waals surface area contributed by atoms with Crippen LogP contribution in [0.4, 0.5) is 0 Å². The second-order valence-electron chi connectivity index (χ2n) is 6.66. The Morgan fingerprint density at radius 3 is 2.54 bits per heavy atom. The molecule has 1 aliphatic heterocycles. The number of morpholine rings is 1. The van der Waals surface area contributed by atoms with Crippen LogP contribution in [-0.4, -0.2) is 50.3 Å². The van der Waals surface area contributed by atoms with Crippen molar-refractivity contribution in [2.75, 3.05) is 39.4 Å². The van der Waals surface area contributed by atoms with Gasteiger partial charge in [-0.05, 0) is 35.9 Å². The Morgan fingerprint density at radius 1 is 1.11 bits per heavy atom. The van der Waals surface area contributed by atoms with E-state index < -0.39 is 0 Å². The third-order valence-corrected chi connectivity index (χ3v) is 5.48. The number of hydrogen-bond donors (Lipinski definition) is 2. The normalized spacial score (nSPS) is 15.1. The molecule has 0 radical (unpaired) electrons. The lowest BCUT2D eigenvalue weighted by atomic mass is 10.1. The zero-order valence-electron chi connectivity index (χ0n) is 16.5. The maximum Gasteiger partial charge on any atom is 0.191 e. The van der Waals surface area contributed by atoms with E-state index in [9.17, 15) is 0 Å². The van der Waals surface area contributed by atoms with Crippen LogP contribution in [0.15, 0.2) is 46.8 Å². The molecule has 28 heavy (non-hydrogen) atoms. The number of nitrogens with one attached hydrogen (secondary N) is 2. The first kappa shape index (κ1) is 23.1. The number of guanidine groups is 1. The van der Waals surface area contributed by atoms with Crippen LogP contribution >= 0.6 is 35.3 Å². The summed E-state index contributed by atoms with van der Waals surface area (Å²) in [6, 6.07) is 13.1. The fourth-order valence-electron chi connectivity index (χ4n) is 3.04. The van der Waals surface area contributed by atoms with E-state index in [4.69, 9.17) is 9.73 Å². The molecule has 1 aromatic heterocycles. The van der Waals surface area contributed by atoms with Crippen molar-refractivity contribution < 1.29 is 4.74 Å². The van der Waals surface area contributed by atoms with Crippen LogP contribution in [0.5, 0.6) is 0 Å². The highest BCUT2D eigenvalue weighted by atomic mass is 127. The molecule has 1 aliphatic rings. The molecule has 0 bridgehead atoms. The maximum atomic E-state index is 5.41. The lowest BCUT2D eigenvalue weighted by Gasteiger charge is -2.26. The number of thiophene rings is 1. The molecule has 0 spiro atoms. The summed E-state index contributed by atoms with van der Waals surface area (Å²) in [6.07, 6.45) is 1.03. The summed E-state index contributed by atoms with van der Waals surface area (Å²) in [5, 5.41) is 8.87. The number of halogens is 1. The maximum absolute atomic E-state index is 5.41. The van der Waals surface area contributed by atoms with Crippen molar-refractivity contribution in [1.82, 2.24) is 15.5 Å². The fourth-order valence-corrected chi connectivity index (χ4v) is 3.75. The summed E-state index contributed by atoms with van der Waals surface area (Å²) in [7, 11) is 0. The number of benzene rings is 1. The first-order valence-corrected chi connectivity index (χ1v) is 10.6. The van der Waals surface area contributed by atoms with Gasteiger partial charge in [-0.3, -0.25) is 4.90 Å². The van der Waals surface area contributed by atoms with Gasteiger partial charge in [0.05, 0.1) is 19.8 Å². The predicted octanol–water partition coefficient (Wildman–Crippen LogP) is 3.50. The van der Waals surface area contributed by atoms with Crippen molar-refractivity contribution in [2.24, 2.45) is 4.99 Å². The van der Waals surface area contributed by atoms with E-state index >= 15 is 0 Å². The van der Waals surface area contributed by atoms with Gasteiger partial charge < -0.3 is 15.4 Å². The summed E-state index contributed by atoms with van der Waals surface area (Å²) >= 11 is 1.80. The number of rotatable bonds is 8. The lowest BCUT2D eigenvalue weighted by molar-refractivity contribution is 0.0342. The highest BCUT2D eigenvalue weighted by Crippen LogP contribution is 2.10. The van der Waals surface area contributed by atoms with Crippen LogP contribution in [0.3, 0.4) is 0 Å². The highest BCUT2D eigenvalue weighted by Gasteiger charge is 2.10. The molecule has 1 aromatic carbocycles. The molecular formula is C21H31IN4OS. The largest absolute Gasteiger partial charge is 0.379 e. The third kappa shape index (κ3) is 8.06. The number of nitrogens with zero attached hydrogens (tertiary/aromatic N) is 2. The van der Waals surface area contributed by atoms with Crippen molar-refractivity contribution in [3.05, 3.63) is 57.8 Å². The first-order valence-electron chi connectivity index (χ1n) is 9.76. The Hall–Kier alpha value is -1.16. The van der Waals surface area contributed by atoms with Crippen LogP contribution in [0, 0.1) is 0 Å². The summed E-state index contributed by atoms with van der Waals surface area (Å²) in [6.45, 7) is 9.28. The minimum Gasteiger partial charge on any atom is -0.379 e. The molecule has 7 heteroatoms. The Bertz CT molecular complexity index is 685. The standard InChI is InChI=1S/C21H30N4OS.HI/c1-2-22-21(23-10-9-20-4-3-15-27-20)24-16-18-5-7-19(8-6-18)17-25-11-13-26-14-12-25;/h3-8,15H,2,9-14,16-17H2,1H3,(H2,22,23,24);1H. The molecule has 0 amide bonds. The van der Waals surface area contributed by atoms with Gasteiger partial charge in [0.2, 0.25) is 0 Å². The molecule has 0 atom stereocenters. The molecule has 0 unspecified atom stereocenters. The Kier molecular flexibility index (Phi) is 10.8. The van der Waals surface area contributed by atoms with Crippen LogP contribution in [-0.2, 0) is 24.2 Å². The molecule has 2 aromatic rings. The van der Waals surface area contributed by atoms with Gasteiger partial charge in [0, 0.05) is 37.6 Å². The molecule has 2 heterocycles. The van der Waals surface area contributed by atoms with Crippen LogP contribution in [0.1, 0.15) is 22.9 Å². The van der Waals surface area contributed by atoms with Crippen molar-refractivity contribution in [2.45, 2.75) is 26.4 Å². The lowest BCUT2D eigenvalue weighted by Crippen LogP contribution is -2.38. The van der Waals surface area contributed by atoms with E-state index in [-0.39, 0.29) is 24.0 Å². The van der Waals surface area contributed by atoms with Crippen molar-refractivity contribution in [3.63, 3.8) is 0 Å². The summed E-state index contributed by atoms with van der Waals surface area (Å²) in [5.74, 6) is 0.881. The minimum atomic E-state index is 0. The quantitative estimate of drug-likeness (QED) is 0.322. The van der Waals surface area contributed by atoms with Gasteiger partial charge in [-0.2, -0.15) is 0 Å². The molecule has 3 rings (SSSR count). The molecule has 2 N–H and O–H groups in total. The third-order valence-electron chi connectivity index (χ3n) is 4.54. The van der Waals surface area contributed by atoms with Gasteiger partial charge in [0.1, 0.15) is 0 Å². The Balaban J connectivity index is 0.00000280. The topological polar surface area (TPSA) is 48.9 Å². The molecule has 1 fully saturated rings. The summed E-state index contributed by atoms with van der Waals surface area (Å²) < 4.78 is 5.41. The second-order valence-corrected chi connectivity index (χ2v) is 7.69. The van der Waals surface area contributed by atoms with Crippen molar-refractivity contribution in [3.8, 4) is 0 Å². The first-order chi connectivity index (χ1) is 13.3. The van der Waals surface area contributed by atoms with Crippen molar-refractivity contribution in [1.29, 1.82) is 0 Å². The zero-order valence-corrected chi connectivity index (χ0v) is 19.7. The average Bonchev–Trinajstić information content (AvgIpc) is 3.21. The smallest absolute Gasteiger partial charge is 0.191 e. The van der Waals surface area contributed by atoms with E-state index in [2.05, 4.69) is 64.2 Å². The molecule has 0 saturated carbocycles. The molecule has 1 saturated heterocycles. The second kappa shape index (κ2) is 13.1. The SMILES string of the molecule is CCNC(=NCc1ccc(CN2CCOCC2)cc1)NCCc1cccs1.I. The number of hydrogen-bond acceptors (Lipinski definition) is 4. The number of aliphatic imine (C=N–C) groups is 1. The Labute approximate surface area is 189 Å². The van der Waals surface area contributed by atoms with E-state index in [0.717, 1.165) is 58.3 Å². The van der Waals surface area contributed by atoms with Gasteiger partial charge >= 0.3 is 0 Å². The van der Waals surface area contributed by atoms with Gasteiger partial charge in [0.25, 0.3) is 0 Å². The monoisotopic (exact) mass is 514 g/mol.